The van der Waals surface area contributed by atoms with E-state index in [1.165, 1.54) is 0 Å². The summed E-state index contributed by atoms with van der Waals surface area (Å²) in [6.07, 6.45) is 1.67. The van der Waals surface area contributed by atoms with E-state index in [0.717, 1.165) is 0 Å². The van der Waals surface area contributed by atoms with Crippen LogP contribution in [-0.2, 0) is 4.89 Å². The van der Waals surface area contributed by atoms with Gasteiger partial charge in [0, 0.05) is 0 Å². The van der Waals surface area contributed by atoms with Crippen molar-refractivity contribution in [2.75, 3.05) is 0 Å². The van der Waals surface area contributed by atoms with E-state index >= 15 is 0 Å². The highest BCUT2D eigenvalue weighted by Gasteiger charge is 2.38. The van der Waals surface area contributed by atoms with Crippen molar-refractivity contribution >= 4 is 8.07 Å². The van der Waals surface area contributed by atoms with E-state index in [1.54, 1.807) is 6.08 Å². The van der Waals surface area contributed by atoms with E-state index in [2.05, 4.69) is 31.1 Å². The fraction of sp³-hybridized carbons (Fsp3) is 0.714. The zero-order chi connectivity index (χ0) is 8.41. The summed E-state index contributed by atoms with van der Waals surface area (Å²) in [5.74, 6) is 0. The quantitative estimate of drug-likeness (QED) is 0.297. The van der Waals surface area contributed by atoms with Crippen LogP contribution in [-0.4, -0.2) is 18.6 Å². The summed E-state index contributed by atoms with van der Waals surface area (Å²) in [5, 5.41) is 8.06. The Bertz CT molecular complexity index is 128. The van der Waals surface area contributed by atoms with Crippen LogP contribution < -0.4 is 0 Å². The fourth-order valence-corrected chi connectivity index (χ4v) is 1.37. The first-order valence-electron chi connectivity index (χ1n) is 3.33. The Kier molecular flexibility index (Phi) is 2.82. The first-order chi connectivity index (χ1) is 4.37. The molecule has 0 amide bonds. The highest BCUT2D eigenvalue weighted by atomic mass is 28.3. The molecule has 60 valence electrons. The second-order valence-corrected chi connectivity index (χ2v) is 9.15. The van der Waals surface area contributed by atoms with Gasteiger partial charge in [0.1, 0.15) is 5.22 Å². The molecular weight excluding hydrogens is 144 g/mol. The molecule has 0 saturated carbocycles. The summed E-state index contributed by atoms with van der Waals surface area (Å²) in [7, 11) is -1.50. The van der Waals surface area contributed by atoms with Crippen LogP contribution in [0.1, 0.15) is 6.92 Å². The van der Waals surface area contributed by atoms with Gasteiger partial charge < -0.3 is 0 Å². The zero-order valence-electron chi connectivity index (χ0n) is 7.14. The van der Waals surface area contributed by atoms with Crippen molar-refractivity contribution in [2.24, 2.45) is 0 Å². The lowest BCUT2D eigenvalue weighted by Crippen LogP contribution is -2.49. The molecule has 0 bridgehead atoms. The molecule has 0 spiro atoms. The van der Waals surface area contributed by atoms with Crippen LogP contribution in [0.2, 0.25) is 19.6 Å². The third-order valence-electron chi connectivity index (χ3n) is 2.07. The van der Waals surface area contributed by atoms with Gasteiger partial charge in [-0.05, 0) is 6.92 Å². The van der Waals surface area contributed by atoms with Gasteiger partial charge in [-0.2, -0.15) is 0 Å². The van der Waals surface area contributed by atoms with Gasteiger partial charge in [-0.3, -0.25) is 5.26 Å². The first-order valence-corrected chi connectivity index (χ1v) is 6.83. The molecule has 10 heavy (non-hydrogen) atoms. The van der Waals surface area contributed by atoms with Gasteiger partial charge in [-0.25, -0.2) is 4.89 Å². The third-order valence-corrected chi connectivity index (χ3v) is 5.34. The summed E-state index contributed by atoms with van der Waals surface area (Å²) in [4.78, 5) is 4.40. The zero-order valence-corrected chi connectivity index (χ0v) is 8.14. The van der Waals surface area contributed by atoms with Crippen molar-refractivity contribution < 1.29 is 10.1 Å². The molecule has 0 radical (unpaired) electrons. The molecule has 0 aromatic carbocycles. The van der Waals surface area contributed by atoms with E-state index in [1.807, 2.05) is 6.92 Å². The Balaban J connectivity index is 4.48. The average Bonchev–Trinajstić information content (AvgIpc) is 1.84. The average molecular weight is 160 g/mol. The first kappa shape index (κ1) is 9.88. The molecule has 1 unspecified atom stereocenters. The molecule has 2 nitrogen and oxygen atoms in total. The topological polar surface area (TPSA) is 29.5 Å². The molecule has 0 heterocycles. The molecule has 1 N–H and O–H groups in total. The molecule has 0 aromatic heterocycles. The van der Waals surface area contributed by atoms with Crippen molar-refractivity contribution in [3.05, 3.63) is 12.7 Å². The maximum atomic E-state index is 8.58. The second kappa shape index (κ2) is 2.86. The lowest BCUT2D eigenvalue weighted by Gasteiger charge is -2.33. The number of rotatable bonds is 3. The molecular formula is C7H16O2Si. The third kappa shape index (κ3) is 1.68. The van der Waals surface area contributed by atoms with E-state index in [9.17, 15) is 0 Å². The van der Waals surface area contributed by atoms with Crippen LogP contribution in [0, 0.1) is 0 Å². The molecule has 0 saturated heterocycles. The molecule has 0 fully saturated rings. The molecule has 1 atom stereocenters. The van der Waals surface area contributed by atoms with Crippen molar-refractivity contribution in [1.29, 1.82) is 0 Å². The standard InChI is InChI=1S/C7H16O2Si/c1-6-7(2,9-8)10(3,4)5/h6,8H,1H2,2-5H3. The second-order valence-electron chi connectivity index (χ2n) is 3.65. The van der Waals surface area contributed by atoms with Gasteiger partial charge in [0.05, 0.1) is 8.07 Å². The molecule has 0 aliphatic rings. The molecule has 0 aliphatic carbocycles. The smallest absolute Gasteiger partial charge is 0.106 e. The summed E-state index contributed by atoms with van der Waals surface area (Å²) in [6.45, 7) is 11.8. The van der Waals surface area contributed by atoms with Crippen molar-refractivity contribution in [3.63, 3.8) is 0 Å². The van der Waals surface area contributed by atoms with E-state index in [-0.39, 0.29) is 0 Å². The van der Waals surface area contributed by atoms with Gasteiger partial charge in [-0.1, -0.05) is 25.7 Å². The minimum atomic E-state index is -1.50. The van der Waals surface area contributed by atoms with Crippen molar-refractivity contribution in [3.8, 4) is 0 Å². The van der Waals surface area contributed by atoms with Gasteiger partial charge in [0.2, 0.25) is 0 Å². The van der Waals surface area contributed by atoms with E-state index < -0.39 is 13.3 Å². The highest BCUT2D eigenvalue weighted by molar-refractivity contribution is 6.79. The summed E-state index contributed by atoms with van der Waals surface area (Å²) in [6, 6.07) is 0. The Morgan fingerprint density at radius 1 is 1.50 bits per heavy atom. The highest BCUT2D eigenvalue weighted by Crippen LogP contribution is 2.24. The van der Waals surface area contributed by atoms with Crippen molar-refractivity contribution in [2.45, 2.75) is 31.8 Å². The summed E-state index contributed by atoms with van der Waals surface area (Å²) >= 11 is 0. The SMILES string of the molecule is C=CC(C)(OO)[Si](C)(C)C. The number of hydrogen-bond acceptors (Lipinski definition) is 2. The van der Waals surface area contributed by atoms with E-state index in [4.69, 9.17) is 5.26 Å². The lowest BCUT2D eigenvalue weighted by atomic mass is 10.4. The summed E-state index contributed by atoms with van der Waals surface area (Å²) < 4.78 is 0. The molecule has 3 heteroatoms. The Labute approximate surface area is 63.5 Å². The maximum absolute atomic E-state index is 8.58. The van der Waals surface area contributed by atoms with Crippen LogP contribution in [0.25, 0.3) is 0 Å². The monoisotopic (exact) mass is 160 g/mol. The van der Waals surface area contributed by atoms with Crippen molar-refractivity contribution in [1.82, 2.24) is 0 Å². The molecule has 0 rings (SSSR count). The minimum absolute atomic E-state index is 0.521. The van der Waals surface area contributed by atoms with Crippen LogP contribution >= 0.6 is 0 Å². The number of hydrogen-bond donors (Lipinski definition) is 1. The summed E-state index contributed by atoms with van der Waals surface area (Å²) in [5.41, 5.74) is 0. The Hall–Kier alpha value is -0.123. The van der Waals surface area contributed by atoms with E-state index in [0.29, 0.717) is 0 Å². The predicted molar refractivity (Wildman–Crippen MR) is 45.7 cm³/mol. The van der Waals surface area contributed by atoms with Crippen LogP contribution in [0.5, 0.6) is 0 Å². The maximum Gasteiger partial charge on any atom is 0.106 e. The van der Waals surface area contributed by atoms with Gasteiger partial charge in [0.15, 0.2) is 0 Å². The largest absolute Gasteiger partial charge is 0.251 e. The van der Waals surface area contributed by atoms with Crippen LogP contribution in [0.4, 0.5) is 0 Å². The molecule has 0 aromatic rings. The van der Waals surface area contributed by atoms with Gasteiger partial charge in [0.25, 0.3) is 0 Å². The molecule has 0 aliphatic heterocycles. The van der Waals surface area contributed by atoms with Gasteiger partial charge in [-0.15, -0.1) is 6.58 Å². The Morgan fingerprint density at radius 2 is 1.90 bits per heavy atom. The van der Waals surface area contributed by atoms with Crippen LogP contribution in [0.15, 0.2) is 12.7 Å². The fourth-order valence-electron chi connectivity index (χ4n) is 0.480. The predicted octanol–water partition coefficient (Wildman–Crippen LogP) is 2.30. The van der Waals surface area contributed by atoms with Gasteiger partial charge >= 0.3 is 0 Å². The van der Waals surface area contributed by atoms with Crippen LogP contribution in [0.3, 0.4) is 0 Å². The lowest BCUT2D eigenvalue weighted by molar-refractivity contribution is -0.279. The Morgan fingerprint density at radius 3 is 1.90 bits per heavy atom. The normalized spacial score (nSPS) is 18.1. The minimum Gasteiger partial charge on any atom is -0.251 e.